The molecule has 0 bridgehead atoms. The number of hydrogen-bond acceptors (Lipinski definition) is 6. The molecule has 0 unspecified atom stereocenters. The van der Waals surface area contributed by atoms with E-state index in [0.29, 0.717) is 11.4 Å². The van der Waals surface area contributed by atoms with Crippen LogP contribution >= 0.6 is 11.3 Å². The Labute approximate surface area is 165 Å². The average Bonchev–Trinajstić information content (AvgIpc) is 3.15. The van der Waals surface area contributed by atoms with E-state index in [1.165, 1.54) is 22.2 Å². The van der Waals surface area contributed by atoms with Crippen molar-refractivity contribution in [1.82, 2.24) is 9.55 Å². The highest BCUT2D eigenvalue weighted by atomic mass is 32.1. The van der Waals surface area contributed by atoms with Crippen molar-refractivity contribution < 1.29 is 14.3 Å². The molecule has 0 saturated carbocycles. The van der Waals surface area contributed by atoms with Gasteiger partial charge in [0.15, 0.2) is 0 Å². The van der Waals surface area contributed by atoms with Gasteiger partial charge >= 0.3 is 5.97 Å². The Morgan fingerprint density at radius 2 is 2.11 bits per heavy atom. The summed E-state index contributed by atoms with van der Waals surface area (Å²) in [5, 5.41) is 1.78. The van der Waals surface area contributed by atoms with Crippen molar-refractivity contribution >= 4 is 39.1 Å². The first-order chi connectivity index (χ1) is 13.6. The third-order valence-electron chi connectivity index (χ3n) is 4.77. The van der Waals surface area contributed by atoms with Crippen LogP contribution in [-0.2, 0) is 22.5 Å². The first-order valence-corrected chi connectivity index (χ1v) is 10.00. The number of carbonyl (C=O) groups is 2. The van der Waals surface area contributed by atoms with Crippen LogP contribution in [0, 0.1) is 0 Å². The van der Waals surface area contributed by atoms with Crippen LogP contribution in [0.25, 0.3) is 10.2 Å². The maximum absolute atomic E-state index is 12.9. The number of aromatic nitrogens is 2. The first-order valence-electron chi connectivity index (χ1n) is 9.12. The molecule has 28 heavy (non-hydrogen) atoms. The number of anilines is 1. The molecule has 7 nitrogen and oxygen atoms in total. The van der Waals surface area contributed by atoms with Crippen LogP contribution in [0.3, 0.4) is 0 Å². The van der Waals surface area contributed by atoms with Crippen molar-refractivity contribution in [3.8, 4) is 0 Å². The second-order valence-electron chi connectivity index (χ2n) is 6.51. The average molecular weight is 397 g/mol. The first kappa shape index (κ1) is 18.4. The van der Waals surface area contributed by atoms with Crippen LogP contribution in [0.4, 0.5) is 5.69 Å². The molecule has 4 rings (SSSR count). The Morgan fingerprint density at radius 1 is 1.29 bits per heavy atom. The normalized spacial score (nSPS) is 13.4. The molecule has 1 aliphatic heterocycles. The lowest BCUT2D eigenvalue weighted by molar-refractivity contribution is -0.119. The lowest BCUT2D eigenvalue weighted by Gasteiger charge is -2.29. The van der Waals surface area contributed by atoms with Crippen molar-refractivity contribution in [3.63, 3.8) is 0 Å². The minimum absolute atomic E-state index is 0.131. The van der Waals surface area contributed by atoms with Gasteiger partial charge in [-0.3, -0.25) is 14.2 Å². The van der Waals surface area contributed by atoms with E-state index in [4.69, 9.17) is 4.74 Å². The van der Waals surface area contributed by atoms with Crippen molar-refractivity contribution in [2.45, 2.75) is 26.3 Å². The highest BCUT2D eigenvalue weighted by molar-refractivity contribution is 7.17. The maximum atomic E-state index is 12.9. The van der Waals surface area contributed by atoms with Crippen LogP contribution in [0.15, 0.2) is 40.8 Å². The fourth-order valence-electron chi connectivity index (χ4n) is 3.46. The molecular formula is C20H19N3O4S. The summed E-state index contributed by atoms with van der Waals surface area (Å²) < 4.78 is 6.28. The predicted molar refractivity (Wildman–Crippen MR) is 107 cm³/mol. The Kier molecular flexibility index (Phi) is 4.95. The lowest BCUT2D eigenvalue weighted by Crippen LogP contribution is -2.39. The SMILES string of the molecule is CCOC(=O)c1csc2ncn(CC(=O)N3CCCc4ccccc43)c(=O)c12. The molecule has 3 heterocycles. The minimum Gasteiger partial charge on any atom is -0.462 e. The number of nitrogens with zero attached hydrogens (tertiary/aromatic N) is 3. The van der Waals surface area contributed by atoms with Gasteiger partial charge in [-0.05, 0) is 31.4 Å². The smallest absolute Gasteiger partial charge is 0.339 e. The predicted octanol–water partition coefficient (Wildman–Crippen LogP) is 2.61. The summed E-state index contributed by atoms with van der Waals surface area (Å²) >= 11 is 1.21. The molecule has 0 fully saturated rings. The number of benzene rings is 1. The second kappa shape index (κ2) is 7.55. The number of hydrogen-bond donors (Lipinski definition) is 0. The molecule has 1 aromatic carbocycles. The fourth-order valence-corrected chi connectivity index (χ4v) is 4.33. The Morgan fingerprint density at radius 3 is 2.93 bits per heavy atom. The van der Waals surface area contributed by atoms with E-state index in [-0.39, 0.29) is 30.0 Å². The zero-order chi connectivity index (χ0) is 19.7. The van der Waals surface area contributed by atoms with E-state index >= 15 is 0 Å². The summed E-state index contributed by atoms with van der Waals surface area (Å²) in [4.78, 5) is 44.4. The Hall–Kier alpha value is -3.00. The van der Waals surface area contributed by atoms with Gasteiger partial charge in [-0.1, -0.05) is 18.2 Å². The molecule has 2 aromatic heterocycles. The number of carbonyl (C=O) groups excluding carboxylic acids is 2. The van der Waals surface area contributed by atoms with E-state index in [1.807, 2.05) is 24.3 Å². The van der Waals surface area contributed by atoms with E-state index < -0.39 is 11.5 Å². The van der Waals surface area contributed by atoms with Gasteiger partial charge < -0.3 is 9.64 Å². The van der Waals surface area contributed by atoms with Gasteiger partial charge in [-0.25, -0.2) is 9.78 Å². The zero-order valence-electron chi connectivity index (χ0n) is 15.4. The monoisotopic (exact) mass is 397 g/mol. The van der Waals surface area contributed by atoms with Crippen LogP contribution in [0.1, 0.15) is 29.3 Å². The molecule has 0 atom stereocenters. The highest BCUT2D eigenvalue weighted by Gasteiger charge is 2.24. The van der Waals surface area contributed by atoms with Gasteiger partial charge in [-0.15, -0.1) is 11.3 Å². The number of fused-ring (bicyclic) bond motifs is 2. The van der Waals surface area contributed by atoms with Gasteiger partial charge in [0.2, 0.25) is 5.91 Å². The molecule has 8 heteroatoms. The van der Waals surface area contributed by atoms with Gasteiger partial charge in [0.05, 0.1) is 23.9 Å². The van der Waals surface area contributed by atoms with Gasteiger partial charge in [-0.2, -0.15) is 0 Å². The van der Waals surface area contributed by atoms with Crippen LogP contribution in [0.5, 0.6) is 0 Å². The standard InChI is InChI=1S/C20H19N3O4S/c1-2-27-20(26)14-11-28-18-17(14)19(25)22(12-21-18)10-16(24)23-9-5-7-13-6-3-4-8-15(13)23/h3-4,6,8,11-12H,2,5,7,9-10H2,1H3. The van der Waals surface area contributed by atoms with Crippen molar-refractivity contribution in [2.75, 3.05) is 18.1 Å². The van der Waals surface area contributed by atoms with E-state index in [9.17, 15) is 14.4 Å². The van der Waals surface area contributed by atoms with E-state index in [0.717, 1.165) is 24.1 Å². The minimum atomic E-state index is -0.554. The molecule has 0 spiro atoms. The van der Waals surface area contributed by atoms with Crippen molar-refractivity contribution in [3.05, 3.63) is 57.5 Å². The number of ether oxygens (including phenoxy) is 1. The van der Waals surface area contributed by atoms with E-state index in [1.54, 1.807) is 17.2 Å². The Bertz CT molecular complexity index is 1120. The number of para-hydroxylation sites is 1. The second-order valence-corrected chi connectivity index (χ2v) is 7.36. The highest BCUT2D eigenvalue weighted by Crippen LogP contribution is 2.27. The largest absolute Gasteiger partial charge is 0.462 e. The van der Waals surface area contributed by atoms with Crippen molar-refractivity contribution in [2.24, 2.45) is 0 Å². The summed E-state index contributed by atoms with van der Waals surface area (Å²) in [6.45, 7) is 2.41. The number of thiophene rings is 1. The number of amides is 1. The lowest BCUT2D eigenvalue weighted by atomic mass is 10.0. The Balaban J connectivity index is 1.66. The van der Waals surface area contributed by atoms with E-state index in [2.05, 4.69) is 4.98 Å². The van der Waals surface area contributed by atoms with Crippen LogP contribution < -0.4 is 10.5 Å². The topological polar surface area (TPSA) is 81.5 Å². The molecule has 144 valence electrons. The van der Waals surface area contributed by atoms with Crippen LogP contribution in [-0.4, -0.2) is 34.6 Å². The molecular weight excluding hydrogens is 378 g/mol. The summed E-state index contributed by atoms with van der Waals surface area (Å²) in [5.41, 5.74) is 1.81. The number of esters is 1. The third-order valence-corrected chi connectivity index (χ3v) is 5.66. The molecule has 0 saturated heterocycles. The molecule has 1 amide bonds. The fraction of sp³-hybridized carbons (Fsp3) is 0.300. The zero-order valence-corrected chi connectivity index (χ0v) is 16.2. The van der Waals surface area contributed by atoms with Crippen molar-refractivity contribution in [1.29, 1.82) is 0 Å². The number of aryl methyl sites for hydroxylation is 1. The summed E-state index contributed by atoms with van der Waals surface area (Å²) in [6, 6.07) is 7.81. The number of rotatable bonds is 4. The van der Waals surface area contributed by atoms with Gasteiger partial charge in [0, 0.05) is 17.6 Å². The van der Waals surface area contributed by atoms with Crippen LogP contribution in [0.2, 0.25) is 0 Å². The third kappa shape index (κ3) is 3.20. The summed E-state index contributed by atoms with van der Waals surface area (Å²) in [5.74, 6) is -0.731. The molecule has 0 radical (unpaired) electrons. The summed E-state index contributed by atoms with van der Waals surface area (Å²) in [7, 11) is 0. The van der Waals surface area contributed by atoms with Gasteiger partial charge in [0.1, 0.15) is 11.4 Å². The molecule has 0 aliphatic carbocycles. The quantitative estimate of drug-likeness (QED) is 0.632. The maximum Gasteiger partial charge on any atom is 0.339 e. The molecule has 3 aromatic rings. The molecule has 0 N–H and O–H groups in total. The summed E-state index contributed by atoms with van der Waals surface area (Å²) in [6.07, 6.45) is 3.18. The van der Waals surface area contributed by atoms with Gasteiger partial charge in [0.25, 0.3) is 5.56 Å². The molecule has 1 aliphatic rings.